The molecule has 0 aliphatic carbocycles. The van der Waals surface area contributed by atoms with E-state index in [4.69, 9.17) is 5.11 Å². The Hall–Kier alpha value is -1.51. The summed E-state index contributed by atoms with van der Waals surface area (Å²) in [5.74, 6) is -1.04. The van der Waals surface area contributed by atoms with Gasteiger partial charge < -0.3 is 5.11 Å². The lowest BCUT2D eigenvalue weighted by Gasteiger charge is -2.16. The van der Waals surface area contributed by atoms with Gasteiger partial charge in [-0.3, -0.25) is 9.78 Å². The molecule has 18 heavy (non-hydrogen) atoms. The molecule has 0 radical (unpaired) electrons. The van der Waals surface area contributed by atoms with Gasteiger partial charge in [-0.15, -0.1) is 0 Å². The van der Waals surface area contributed by atoms with Crippen molar-refractivity contribution >= 4 is 16.2 Å². The van der Waals surface area contributed by atoms with Crippen LogP contribution in [0.5, 0.6) is 0 Å². The molecule has 1 heterocycles. The second kappa shape index (κ2) is 6.43. The molecule has 7 nitrogen and oxygen atoms in total. The van der Waals surface area contributed by atoms with Gasteiger partial charge in [-0.1, -0.05) is 6.07 Å². The van der Waals surface area contributed by atoms with Crippen LogP contribution in [0.4, 0.5) is 0 Å². The van der Waals surface area contributed by atoms with Crippen molar-refractivity contribution in [2.75, 3.05) is 13.6 Å². The number of nitrogens with one attached hydrogen (secondary N) is 1. The zero-order valence-corrected chi connectivity index (χ0v) is 10.7. The van der Waals surface area contributed by atoms with Crippen LogP contribution in [0.25, 0.3) is 0 Å². The highest BCUT2D eigenvalue weighted by molar-refractivity contribution is 7.87. The minimum atomic E-state index is -3.67. The number of carbonyl (C=O) groups is 1. The lowest BCUT2D eigenvalue weighted by atomic mass is 10.4. The first-order valence-electron chi connectivity index (χ1n) is 5.24. The summed E-state index contributed by atoms with van der Waals surface area (Å²) in [7, 11) is -2.35. The van der Waals surface area contributed by atoms with Crippen molar-refractivity contribution in [1.29, 1.82) is 0 Å². The van der Waals surface area contributed by atoms with Crippen LogP contribution in [0.2, 0.25) is 0 Å². The molecular formula is C10H15N3O4S. The van der Waals surface area contributed by atoms with Crippen molar-refractivity contribution < 1.29 is 18.3 Å². The minimum absolute atomic E-state index is 0.0700. The molecule has 0 fully saturated rings. The fraction of sp³-hybridized carbons (Fsp3) is 0.400. The summed E-state index contributed by atoms with van der Waals surface area (Å²) in [4.78, 5) is 14.3. The van der Waals surface area contributed by atoms with Gasteiger partial charge in [0.1, 0.15) is 0 Å². The Morgan fingerprint density at radius 1 is 1.50 bits per heavy atom. The molecule has 0 bridgehead atoms. The number of hydrogen-bond acceptors (Lipinski definition) is 4. The van der Waals surface area contributed by atoms with Gasteiger partial charge in [0.25, 0.3) is 10.2 Å². The number of aromatic nitrogens is 1. The van der Waals surface area contributed by atoms with Gasteiger partial charge >= 0.3 is 5.97 Å². The topological polar surface area (TPSA) is 99.6 Å². The molecular weight excluding hydrogens is 258 g/mol. The molecule has 1 aromatic rings. The average Bonchev–Trinajstić information content (AvgIpc) is 2.34. The summed E-state index contributed by atoms with van der Waals surface area (Å²) < 4.78 is 26.7. The van der Waals surface area contributed by atoms with Gasteiger partial charge in [0.15, 0.2) is 0 Å². The van der Waals surface area contributed by atoms with Crippen molar-refractivity contribution in [1.82, 2.24) is 14.0 Å². The number of carboxylic acid groups (broad SMARTS) is 1. The maximum Gasteiger partial charge on any atom is 0.304 e. The summed E-state index contributed by atoms with van der Waals surface area (Å²) in [6, 6.07) is 5.18. The summed E-state index contributed by atoms with van der Waals surface area (Å²) in [5.41, 5.74) is 0.590. The highest BCUT2D eigenvalue weighted by atomic mass is 32.2. The zero-order valence-electron chi connectivity index (χ0n) is 9.91. The molecule has 0 atom stereocenters. The van der Waals surface area contributed by atoms with Crippen LogP contribution in [0.15, 0.2) is 24.4 Å². The van der Waals surface area contributed by atoms with Crippen LogP contribution < -0.4 is 4.72 Å². The van der Waals surface area contributed by atoms with E-state index < -0.39 is 16.2 Å². The molecule has 0 aromatic carbocycles. The molecule has 0 amide bonds. The van der Waals surface area contributed by atoms with E-state index >= 15 is 0 Å². The lowest BCUT2D eigenvalue weighted by molar-refractivity contribution is -0.137. The summed E-state index contributed by atoms with van der Waals surface area (Å²) in [6.07, 6.45) is 1.33. The van der Waals surface area contributed by atoms with E-state index in [1.807, 2.05) is 0 Å². The maximum atomic E-state index is 11.7. The van der Waals surface area contributed by atoms with Crippen LogP contribution in [-0.4, -0.2) is 42.4 Å². The second-order valence-corrected chi connectivity index (χ2v) is 5.47. The van der Waals surface area contributed by atoms with Crippen molar-refractivity contribution in [3.8, 4) is 0 Å². The normalized spacial score (nSPS) is 11.7. The highest BCUT2D eigenvalue weighted by Gasteiger charge is 2.17. The zero-order chi connectivity index (χ0) is 13.6. The number of pyridine rings is 1. The Morgan fingerprint density at radius 3 is 2.78 bits per heavy atom. The average molecular weight is 273 g/mol. The quantitative estimate of drug-likeness (QED) is 0.718. The van der Waals surface area contributed by atoms with Crippen LogP contribution in [0, 0.1) is 0 Å². The van der Waals surface area contributed by atoms with Gasteiger partial charge in [-0.2, -0.15) is 17.4 Å². The number of aliphatic carboxylic acids is 1. The number of nitrogens with zero attached hydrogens (tertiary/aromatic N) is 2. The third-order valence-corrected chi connectivity index (χ3v) is 3.73. The first-order valence-corrected chi connectivity index (χ1v) is 6.68. The molecule has 100 valence electrons. The SMILES string of the molecule is CN(CCC(=O)O)S(=O)(=O)NCc1ccccn1. The fourth-order valence-electron chi connectivity index (χ4n) is 1.15. The largest absolute Gasteiger partial charge is 0.481 e. The Balaban J connectivity index is 2.51. The van der Waals surface area contributed by atoms with Crippen molar-refractivity contribution in [2.45, 2.75) is 13.0 Å². The van der Waals surface area contributed by atoms with Crippen LogP contribution >= 0.6 is 0 Å². The van der Waals surface area contributed by atoms with Crippen LogP contribution in [-0.2, 0) is 21.5 Å². The van der Waals surface area contributed by atoms with E-state index in [1.165, 1.54) is 7.05 Å². The molecule has 0 aliphatic rings. The predicted octanol–water partition coefficient (Wildman–Crippen LogP) is -0.177. The maximum absolute atomic E-state index is 11.7. The van der Waals surface area contributed by atoms with Crippen molar-refractivity contribution in [3.05, 3.63) is 30.1 Å². The molecule has 1 rings (SSSR count). The van der Waals surface area contributed by atoms with Gasteiger partial charge in [-0.25, -0.2) is 0 Å². The Kier molecular flexibility index (Phi) is 5.20. The Labute approximate surface area is 106 Å². The molecule has 0 aliphatic heterocycles. The monoisotopic (exact) mass is 273 g/mol. The van der Waals surface area contributed by atoms with Crippen molar-refractivity contribution in [3.63, 3.8) is 0 Å². The molecule has 0 saturated carbocycles. The Morgan fingerprint density at radius 2 is 2.22 bits per heavy atom. The Bertz CT molecular complexity index is 489. The minimum Gasteiger partial charge on any atom is -0.481 e. The van der Waals surface area contributed by atoms with Gasteiger partial charge in [-0.05, 0) is 12.1 Å². The molecule has 8 heteroatoms. The second-order valence-electron chi connectivity index (χ2n) is 3.61. The molecule has 1 aromatic heterocycles. The molecule has 0 spiro atoms. The first-order chi connectivity index (χ1) is 8.42. The van der Waals surface area contributed by atoms with E-state index in [1.54, 1.807) is 24.4 Å². The van der Waals surface area contributed by atoms with E-state index in [2.05, 4.69) is 9.71 Å². The number of rotatable bonds is 7. The van der Waals surface area contributed by atoms with E-state index in [9.17, 15) is 13.2 Å². The summed E-state index contributed by atoms with van der Waals surface area (Å²) in [6.45, 7) is -0.00648. The standard InChI is InChI=1S/C10H15N3O4S/c1-13(7-5-10(14)15)18(16,17)12-8-9-4-2-3-6-11-9/h2-4,6,12H,5,7-8H2,1H3,(H,14,15). The third-order valence-electron chi connectivity index (χ3n) is 2.21. The van der Waals surface area contributed by atoms with Crippen LogP contribution in [0.1, 0.15) is 12.1 Å². The van der Waals surface area contributed by atoms with Crippen molar-refractivity contribution in [2.24, 2.45) is 0 Å². The molecule has 0 saturated heterocycles. The summed E-state index contributed by atoms with van der Waals surface area (Å²) in [5, 5.41) is 8.48. The summed E-state index contributed by atoms with van der Waals surface area (Å²) >= 11 is 0. The third kappa shape index (κ3) is 4.78. The van der Waals surface area contributed by atoms with Gasteiger partial charge in [0.05, 0.1) is 18.7 Å². The number of hydrogen-bond donors (Lipinski definition) is 2. The lowest BCUT2D eigenvalue weighted by Crippen LogP contribution is -2.39. The van der Waals surface area contributed by atoms with E-state index in [-0.39, 0.29) is 19.5 Å². The first kappa shape index (κ1) is 14.6. The fourth-order valence-corrected chi connectivity index (χ4v) is 2.03. The number of carboxylic acids is 1. The smallest absolute Gasteiger partial charge is 0.304 e. The van der Waals surface area contributed by atoms with E-state index in [0.717, 1.165) is 4.31 Å². The molecule has 0 unspecified atom stereocenters. The van der Waals surface area contributed by atoms with Crippen LogP contribution in [0.3, 0.4) is 0 Å². The van der Waals surface area contributed by atoms with Gasteiger partial charge in [0.2, 0.25) is 0 Å². The highest BCUT2D eigenvalue weighted by Crippen LogP contribution is 1.99. The van der Waals surface area contributed by atoms with Gasteiger partial charge in [0, 0.05) is 19.8 Å². The molecule has 2 N–H and O–H groups in total. The van der Waals surface area contributed by atoms with E-state index in [0.29, 0.717) is 5.69 Å². The predicted molar refractivity (Wildman–Crippen MR) is 64.9 cm³/mol.